The first kappa shape index (κ1) is 11.5. The van der Waals surface area contributed by atoms with E-state index in [9.17, 15) is 9.90 Å². The molecule has 0 N–H and O–H groups in total. The van der Waals surface area contributed by atoms with Gasteiger partial charge in [-0.15, -0.1) is 5.76 Å². The average molecular weight is 187 g/mol. The number of ketones is 1. The van der Waals surface area contributed by atoms with Gasteiger partial charge in [0.05, 0.1) is 0 Å². The third-order valence-corrected chi connectivity index (χ3v) is 0.407. The van der Waals surface area contributed by atoms with Crippen LogP contribution in [0.25, 0.3) is 0 Å². The number of carbonyl (C=O) groups excluding carboxylic acids is 1. The average Bonchev–Trinajstić information content (AvgIpc) is 1.27. The fourth-order valence-corrected chi connectivity index (χ4v) is 0.286. The Labute approximate surface area is 85.9 Å². The van der Waals surface area contributed by atoms with E-state index in [2.05, 4.69) is 0 Å². The second-order valence-corrected chi connectivity index (χ2v) is 1.37. The van der Waals surface area contributed by atoms with Crippen molar-refractivity contribution in [3.63, 3.8) is 0 Å². The van der Waals surface area contributed by atoms with E-state index < -0.39 is 0 Å². The van der Waals surface area contributed by atoms with E-state index in [-0.39, 0.29) is 57.0 Å². The van der Waals surface area contributed by atoms with Crippen LogP contribution >= 0.6 is 0 Å². The van der Waals surface area contributed by atoms with Crippen molar-refractivity contribution >= 4 is 51.3 Å². The molecule has 0 unspecified atom stereocenters. The first-order valence-electron chi connectivity index (χ1n) is 1.99. The second kappa shape index (κ2) is 5.82. The van der Waals surface area contributed by atoms with Crippen molar-refractivity contribution in [2.24, 2.45) is 0 Å². The van der Waals surface area contributed by atoms with Crippen LogP contribution in [-0.2, 0) is 4.79 Å². The summed E-state index contributed by atoms with van der Waals surface area (Å²) in [6.07, 6.45) is 1.06. The van der Waals surface area contributed by atoms with Crippen LogP contribution in [-0.4, -0.2) is 51.3 Å². The maximum atomic E-state index is 9.98. The van der Waals surface area contributed by atoms with Crippen LogP contribution in [0.5, 0.6) is 0 Å². The molecule has 0 radical (unpaired) electrons. The maximum absolute atomic E-state index is 9.98. The molecule has 0 aliphatic heterocycles. The third-order valence-electron chi connectivity index (χ3n) is 0.407. The van der Waals surface area contributed by atoms with Crippen molar-refractivity contribution < 1.29 is 9.90 Å². The van der Waals surface area contributed by atoms with Gasteiger partial charge in [-0.05, 0) is 13.0 Å². The van der Waals surface area contributed by atoms with Crippen molar-refractivity contribution in [1.82, 2.24) is 0 Å². The Balaban J connectivity index is 0. The summed E-state index contributed by atoms with van der Waals surface area (Å²) in [5, 5.41) is 9.98. The molecular formula is C5H7O2Sr+. The van der Waals surface area contributed by atoms with Gasteiger partial charge in [0.25, 0.3) is 0 Å². The van der Waals surface area contributed by atoms with Gasteiger partial charge in [0, 0.05) is 0 Å². The molecule has 0 bridgehead atoms. The number of allylic oxidation sites excluding steroid dienone is 2. The molecule has 0 rings (SSSR count). The summed E-state index contributed by atoms with van der Waals surface area (Å²) in [6.45, 7) is 2.70. The SMILES string of the molecule is CC(=O)/C=C(/C)[O-].[Sr+2]. The third kappa shape index (κ3) is 9.85. The summed E-state index contributed by atoms with van der Waals surface area (Å²) in [6, 6.07) is 0. The molecule has 2 nitrogen and oxygen atoms in total. The minimum absolute atomic E-state index is 0. The molecule has 0 aliphatic carbocycles. The molecule has 0 fully saturated rings. The van der Waals surface area contributed by atoms with E-state index in [4.69, 9.17) is 0 Å². The van der Waals surface area contributed by atoms with Gasteiger partial charge in [0.1, 0.15) is 0 Å². The van der Waals surface area contributed by atoms with Crippen molar-refractivity contribution in [2.75, 3.05) is 0 Å². The van der Waals surface area contributed by atoms with E-state index in [0.717, 1.165) is 6.08 Å². The van der Waals surface area contributed by atoms with Crippen LogP contribution in [0.15, 0.2) is 11.8 Å². The van der Waals surface area contributed by atoms with Gasteiger partial charge < -0.3 is 5.11 Å². The molecule has 0 aliphatic rings. The Morgan fingerprint density at radius 1 is 1.50 bits per heavy atom. The number of carbonyl (C=O) groups is 1. The molecule has 0 aromatic heterocycles. The molecule has 8 heavy (non-hydrogen) atoms. The summed E-state index contributed by atoms with van der Waals surface area (Å²) in [7, 11) is 0. The predicted molar refractivity (Wildman–Crippen MR) is 30.2 cm³/mol. The van der Waals surface area contributed by atoms with E-state index in [1.807, 2.05) is 0 Å². The van der Waals surface area contributed by atoms with Crippen molar-refractivity contribution in [1.29, 1.82) is 0 Å². The van der Waals surface area contributed by atoms with Gasteiger partial charge in [-0.1, -0.05) is 6.92 Å². The Bertz CT molecular complexity index is 103. The minimum atomic E-state index is -0.187. The second-order valence-electron chi connectivity index (χ2n) is 1.37. The normalized spacial score (nSPS) is 10.0. The Hall–Kier alpha value is 0.691. The van der Waals surface area contributed by atoms with Gasteiger partial charge >= 0.3 is 45.5 Å². The number of rotatable bonds is 1. The maximum Gasteiger partial charge on any atom is 2.00 e. The standard InChI is InChI=1S/C5H8O2.Sr/c1-4(6)3-5(2)7;/h3,6H,1-2H3;/q;+2/p-1/b4-3-;. The minimum Gasteiger partial charge on any atom is -0.876 e. The fourth-order valence-electron chi connectivity index (χ4n) is 0.286. The first-order chi connectivity index (χ1) is 3.13. The van der Waals surface area contributed by atoms with Gasteiger partial charge in [0.15, 0.2) is 5.78 Å². The molecule has 0 saturated carbocycles. The van der Waals surface area contributed by atoms with Gasteiger partial charge in [-0.2, -0.15) is 0 Å². The van der Waals surface area contributed by atoms with Gasteiger partial charge in [-0.3, -0.25) is 4.79 Å². The van der Waals surface area contributed by atoms with Crippen LogP contribution < -0.4 is 5.11 Å². The summed E-state index contributed by atoms with van der Waals surface area (Å²) >= 11 is 0. The zero-order valence-electron chi connectivity index (χ0n) is 5.10. The Morgan fingerprint density at radius 2 is 1.88 bits per heavy atom. The monoisotopic (exact) mass is 187 g/mol. The van der Waals surface area contributed by atoms with Crippen LogP contribution in [0, 0.1) is 0 Å². The largest absolute Gasteiger partial charge is 2.00 e. The van der Waals surface area contributed by atoms with Gasteiger partial charge in [-0.25, -0.2) is 0 Å². The first-order valence-corrected chi connectivity index (χ1v) is 1.99. The zero-order chi connectivity index (χ0) is 5.86. The zero-order valence-corrected chi connectivity index (χ0v) is 8.58. The molecular weight excluding hydrogens is 180 g/mol. The van der Waals surface area contributed by atoms with Gasteiger partial charge in [0.2, 0.25) is 0 Å². The quantitative estimate of drug-likeness (QED) is 0.314. The van der Waals surface area contributed by atoms with E-state index in [1.165, 1.54) is 13.8 Å². The van der Waals surface area contributed by atoms with Crippen LogP contribution in [0.3, 0.4) is 0 Å². The molecule has 0 atom stereocenters. The molecule has 40 valence electrons. The van der Waals surface area contributed by atoms with Crippen LogP contribution in [0.4, 0.5) is 0 Å². The van der Waals surface area contributed by atoms with E-state index in [1.54, 1.807) is 0 Å². The summed E-state index contributed by atoms with van der Waals surface area (Å²) in [5.41, 5.74) is 0. The van der Waals surface area contributed by atoms with E-state index >= 15 is 0 Å². The summed E-state index contributed by atoms with van der Waals surface area (Å²) < 4.78 is 0. The molecule has 0 heterocycles. The molecule has 0 aromatic rings. The van der Waals surface area contributed by atoms with Crippen LogP contribution in [0.2, 0.25) is 0 Å². The van der Waals surface area contributed by atoms with Crippen molar-refractivity contribution in [2.45, 2.75) is 13.8 Å². The van der Waals surface area contributed by atoms with Crippen molar-refractivity contribution in [3.05, 3.63) is 11.8 Å². The smallest absolute Gasteiger partial charge is 0.876 e. The van der Waals surface area contributed by atoms with E-state index in [0.29, 0.717) is 0 Å². The Kier molecular flexibility index (Phi) is 8.35. The summed E-state index contributed by atoms with van der Waals surface area (Å²) in [5.74, 6) is -0.375. The number of hydrogen-bond acceptors (Lipinski definition) is 2. The topological polar surface area (TPSA) is 40.1 Å². The molecule has 0 aromatic carbocycles. The molecule has 0 amide bonds. The molecule has 0 saturated heterocycles. The summed E-state index contributed by atoms with van der Waals surface area (Å²) in [4.78, 5) is 9.98. The predicted octanol–water partition coefficient (Wildman–Crippen LogP) is -0.541. The molecule has 3 heteroatoms. The van der Waals surface area contributed by atoms with Crippen molar-refractivity contribution in [3.8, 4) is 0 Å². The molecule has 0 spiro atoms. The number of hydrogen-bond donors (Lipinski definition) is 0. The Morgan fingerprint density at radius 3 is 1.88 bits per heavy atom. The van der Waals surface area contributed by atoms with Crippen LogP contribution in [0.1, 0.15) is 13.8 Å². The fraction of sp³-hybridized carbons (Fsp3) is 0.400.